The van der Waals surface area contributed by atoms with Crippen molar-refractivity contribution >= 4 is 34.4 Å². The van der Waals surface area contributed by atoms with Gasteiger partial charge in [-0.15, -0.1) is 0 Å². The molecule has 4 amide bonds. The second-order valence-corrected chi connectivity index (χ2v) is 9.55. The molecule has 204 valence electrons. The van der Waals surface area contributed by atoms with Crippen molar-refractivity contribution in [1.29, 1.82) is 0 Å². The molecule has 1 atom stereocenters. The number of aryl methyl sites for hydroxylation is 1. The van der Waals surface area contributed by atoms with Gasteiger partial charge < -0.3 is 25.0 Å². The minimum Gasteiger partial charge on any atom is -0.353 e. The molecule has 0 radical (unpaired) electrons. The number of unbranched alkanes of at least 4 members (excludes halogenated alkanes) is 1. The first-order valence-electron chi connectivity index (χ1n) is 13.1. The highest BCUT2D eigenvalue weighted by molar-refractivity contribution is 6.07. The molecule has 0 aliphatic carbocycles. The van der Waals surface area contributed by atoms with Crippen molar-refractivity contribution in [3.05, 3.63) is 78.9 Å². The van der Waals surface area contributed by atoms with E-state index in [0.29, 0.717) is 63.2 Å². The molecule has 0 unspecified atom stereocenters. The van der Waals surface area contributed by atoms with Crippen LogP contribution in [0.15, 0.2) is 67.6 Å². The fourth-order valence-corrected chi connectivity index (χ4v) is 4.76. The number of amides is 4. The monoisotopic (exact) mass is 530 g/mol. The number of fused-ring (bicyclic) bond motifs is 1. The predicted octanol–water partition coefficient (Wildman–Crippen LogP) is 2.13. The summed E-state index contributed by atoms with van der Waals surface area (Å²) in [5, 5.41) is 7.51. The third kappa shape index (κ3) is 6.70. The predicted molar refractivity (Wildman–Crippen MR) is 148 cm³/mol. The normalized spacial score (nSPS) is 14.1. The van der Waals surface area contributed by atoms with Crippen LogP contribution in [0.3, 0.4) is 0 Å². The Hall–Kier alpha value is -4.47. The van der Waals surface area contributed by atoms with E-state index < -0.39 is 6.04 Å². The average Bonchev–Trinajstić information content (AvgIpc) is 3.41. The molecule has 2 heterocycles. The van der Waals surface area contributed by atoms with E-state index in [2.05, 4.69) is 22.2 Å². The summed E-state index contributed by atoms with van der Waals surface area (Å²) in [6.07, 6.45) is 5.89. The van der Waals surface area contributed by atoms with Gasteiger partial charge in [0.2, 0.25) is 11.8 Å². The van der Waals surface area contributed by atoms with Crippen molar-refractivity contribution in [2.24, 2.45) is 7.05 Å². The van der Waals surface area contributed by atoms with E-state index in [0.717, 1.165) is 10.8 Å². The summed E-state index contributed by atoms with van der Waals surface area (Å²) >= 11 is 0. The molecule has 1 fully saturated rings. The Bertz CT molecular complexity index is 1350. The van der Waals surface area contributed by atoms with Crippen LogP contribution in [0.1, 0.15) is 40.1 Å². The van der Waals surface area contributed by atoms with Crippen molar-refractivity contribution in [2.45, 2.75) is 25.3 Å². The topological polar surface area (TPSA) is 117 Å². The Morgan fingerprint density at radius 3 is 2.44 bits per heavy atom. The van der Waals surface area contributed by atoms with Gasteiger partial charge in [-0.05, 0) is 42.2 Å². The molecule has 0 spiro atoms. The molecule has 0 bridgehead atoms. The standard InChI is InChI=1S/C29H34N6O4/c1-3-26(36)31-14-7-6-13-24(32-27(37)25-19-30-20-33(25)2)29(39)35-17-15-34(16-18-35)28(38)23-12-8-10-21-9-4-5-11-22(21)23/h3-5,8-12,19-20,24H,1,6-7,13-18H2,2H3,(H,31,36)(H,32,37)/t24-/m0/s1. The fraction of sp³-hybridized carbons (Fsp3) is 0.345. The summed E-state index contributed by atoms with van der Waals surface area (Å²) in [6, 6.07) is 12.8. The van der Waals surface area contributed by atoms with Crippen LogP contribution in [0, 0.1) is 0 Å². The van der Waals surface area contributed by atoms with Crippen molar-refractivity contribution < 1.29 is 19.2 Å². The van der Waals surface area contributed by atoms with Crippen LogP contribution in [0.25, 0.3) is 10.8 Å². The molecule has 2 N–H and O–H groups in total. The van der Waals surface area contributed by atoms with Gasteiger partial charge in [0, 0.05) is 45.3 Å². The fourth-order valence-electron chi connectivity index (χ4n) is 4.76. The maximum Gasteiger partial charge on any atom is 0.270 e. The van der Waals surface area contributed by atoms with Gasteiger partial charge in [0.15, 0.2) is 0 Å². The number of imidazole rings is 1. The van der Waals surface area contributed by atoms with Crippen molar-refractivity contribution in [3.8, 4) is 0 Å². The number of carbonyl (C=O) groups is 4. The smallest absolute Gasteiger partial charge is 0.270 e. The highest BCUT2D eigenvalue weighted by Gasteiger charge is 2.31. The molecule has 10 nitrogen and oxygen atoms in total. The molecule has 3 aromatic rings. The first-order valence-corrected chi connectivity index (χ1v) is 13.1. The zero-order valence-electron chi connectivity index (χ0n) is 22.1. The van der Waals surface area contributed by atoms with Gasteiger partial charge in [-0.1, -0.05) is 43.0 Å². The zero-order valence-corrected chi connectivity index (χ0v) is 22.1. The third-order valence-corrected chi connectivity index (χ3v) is 6.96. The molecule has 1 aliphatic rings. The van der Waals surface area contributed by atoms with Crippen LogP contribution in [0.4, 0.5) is 0 Å². The molecule has 10 heteroatoms. The van der Waals surface area contributed by atoms with Gasteiger partial charge in [-0.3, -0.25) is 19.2 Å². The molecular weight excluding hydrogens is 496 g/mol. The van der Waals surface area contributed by atoms with E-state index in [1.165, 1.54) is 18.6 Å². The van der Waals surface area contributed by atoms with Gasteiger partial charge in [0.05, 0.1) is 12.5 Å². The minimum absolute atomic E-state index is 0.0541. The van der Waals surface area contributed by atoms with E-state index in [4.69, 9.17) is 0 Å². The van der Waals surface area contributed by atoms with E-state index in [9.17, 15) is 19.2 Å². The maximum absolute atomic E-state index is 13.5. The van der Waals surface area contributed by atoms with Crippen molar-refractivity contribution in [1.82, 2.24) is 30.0 Å². The molecule has 2 aromatic carbocycles. The molecule has 1 aliphatic heterocycles. The van der Waals surface area contributed by atoms with E-state index in [-0.39, 0.29) is 23.6 Å². The number of aromatic nitrogens is 2. The van der Waals surface area contributed by atoms with Gasteiger partial charge >= 0.3 is 0 Å². The van der Waals surface area contributed by atoms with E-state index >= 15 is 0 Å². The number of carbonyl (C=O) groups excluding carboxylic acids is 4. The Morgan fingerprint density at radius 1 is 1.00 bits per heavy atom. The first-order chi connectivity index (χ1) is 18.9. The quantitative estimate of drug-likeness (QED) is 0.308. The molecule has 39 heavy (non-hydrogen) atoms. The SMILES string of the molecule is C=CC(=O)NCCCC[C@H](NC(=O)c1cncn1C)C(=O)N1CCN(C(=O)c2cccc3ccccc23)CC1. The molecule has 4 rings (SSSR count). The minimum atomic E-state index is -0.733. The average molecular weight is 531 g/mol. The number of rotatable bonds is 10. The third-order valence-electron chi connectivity index (χ3n) is 6.96. The largest absolute Gasteiger partial charge is 0.353 e. The number of nitrogens with one attached hydrogen (secondary N) is 2. The highest BCUT2D eigenvalue weighted by atomic mass is 16.2. The Balaban J connectivity index is 1.38. The summed E-state index contributed by atoms with van der Waals surface area (Å²) < 4.78 is 1.60. The first kappa shape index (κ1) is 27.6. The molecule has 0 saturated carbocycles. The van der Waals surface area contributed by atoms with Crippen LogP contribution < -0.4 is 10.6 Å². The van der Waals surface area contributed by atoms with E-state index in [1.807, 2.05) is 42.5 Å². The lowest BCUT2D eigenvalue weighted by Gasteiger charge is -2.36. The van der Waals surface area contributed by atoms with Crippen LogP contribution in [-0.2, 0) is 16.6 Å². The highest BCUT2D eigenvalue weighted by Crippen LogP contribution is 2.21. The Morgan fingerprint density at radius 2 is 1.72 bits per heavy atom. The second kappa shape index (κ2) is 12.9. The Kier molecular flexibility index (Phi) is 9.09. The number of benzene rings is 2. The van der Waals surface area contributed by atoms with Crippen molar-refractivity contribution in [3.63, 3.8) is 0 Å². The number of hydrogen-bond donors (Lipinski definition) is 2. The molecular formula is C29H34N6O4. The lowest BCUT2D eigenvalue weighted by atomic mass is 10.0. The summed E-state index contributed by atoms with van der Waals surface area (Å²) in [6.45, 7) is 5.46. The maximum atomic E-state index is 13.5. The molecule has 1 saturated heterocycles. The lowest BCUT2D eigenvalue weighted by Crippen LogP contribution is -2.56. The summed E-state index contributed by atoms with van der Waals surface area (Å²) in [5.74, 6) is -0.861. The van der Waals surface area contributed by atoms with Gasteiger partial charge in [0.1, 0.15) is 11.7 Å². The zero-order chi connectivity index (χ0) is 27.8. The van der Waals surface area contributed by atoms with Gasteiger partial charge in [-0.2, -0.15) is 0 Å². The number of nitrogens with zero attached hydrogens (tertiary/aromatic N) is 4. The second-order valence-electron chi connectivity index (χ2n) is 9.55. The summed E-state index contributed by atoms with van der Waals surface area (Å²) in [4.78, 5) is 58.6. The van der Waals surface area contributed by atoms with Gasteiger partial charge in [0.25, 0.3) is 11.8 Å². The summed E-state index contributed by atoms with van der Waals surface area (Å²) in [7, 11) is 1.72. The summed E-state index contributed by atoms with van der Waals surface area (Å²) in [5.41, 5.74) is 1.01. The van der Waals surface area contributed by atoms with Gasteiger partial charge in [-0.25, -0.2) is 4.98 Å². The Labute approximate surface area is 227 Å². The van der Waals surface area contributed by atoms with Crippen molar-refractivity contribution in [2.75, 3.05) is 32.7 Å². The van der Waals surface area contributed by atoms with Crippen LogP contribution in [0.5, 0.6) is 0 Å². The van der Waals surface area contributed by atoms with Crippen LogP contribution >= 0.6 is 0 Å². The van der Waals surface area contributed by atoms with Crippen LogP contribution in [-0.4, -0.2) is 81.7 Å². The number of piperazine rings is 1. The number of hydrogen-bond acceptors (Lipinski definition) is 5. The van der Waals surface area contributed by atoms with E-state index in [1.54, 1.807) is 21.4 Å². The van der Waals surface area contributed by atoms with Crippen LogP contribution in [0.2, 0.25) is 0 Å². The molecule has 1 aromatic heterocycles. The lowest BCUT2D eigenvalue weighted by molar-refractivity contribution is -0.135.